The molecule has 0 radical (unpaired) electrons. The maximum absolute atomic E-state index is 5.91. The molecule has 0 atom stereocenters. The molecule has 0 bridgehead atoms. The van der Waals surface area contributed by atoms with Gasteiger partial charge in [-0.2, -0.15) is 0 Å². The summed E-state index contributed by atoms with van der Waals surface area (Å²) in [5, 5.41) is 4.31. The Balaban J connectivity index is 1.64. The normalized spacial score (nSPS) is 10.4. The quantitative estimate of drug-likeness (QED) is 0.664. The fourth-order valence-electron chi connectivity index (χ4n) is 2.60. The number of nitrogens with zero attached hydrogens (tertiary/aromatic N) is 1. The summed E-state index contributed by atoms with van der Waals surface area (Å²) in [4.78, 5) is 4.37. The Morgan fingerprint density at radius 3 is 2.56 bits per heavy atom. The van der Waals surface area contributed by atoms with Crippen LogP contribution in [0.15, 0.2) is 85.3 Å². The summed E-state index contributed by atoms with van der Waals surface area (Å²) in [6.07, 6.45) is 2.36. The molecule has 0 amide bonds. The summed E-state index contributed by atoms with van der Waals surface area (Å²) in [5.74, 6) is 0.806. The number of benzene rings is 2. The van der Waals surface area contributed by atoms with Gasteiger partial charge in [0, 0.05) is 40.6 Å². The van der Waals surface area contributed by atoms with E-state index < -0.39 is 0 Å². The molecule has 0 unspecified atom stereocenters. The number of para-hydroxylation sites is 1. The molecule has 3 aromatic rings. The highest BCUT2D eigenvalue weighted by molar-refractivity contribution is 5.81. The highest BCUT2D eigenvalue weighted by Gasteiger charge is 2.03. The van der Waals surface area contributed by atoms with E-state index in [0.29, 0.717) is 18.7 Å². The third kappa shape index (κ3) is 4.38. The molecular weight excluding hydrogens is 310 g/mol. The van der Waals surface area contributed by atoms with Crippen molar-refractivity contribution >= 4 is 16.6 Å². The number of rotatable bonds is 7. The highest BCUT2D eigenvalue weighted by Crippen LogP contribution is 2.21. The third-order valence-electron chi connectivity index (χ3n) is 3.75. The van der Waals surface area contributed by atoms with E-state index in [1.165, 1.54) is 0 Å². The summed E-state index contributed by atoms with van der Waals surface area (Å²) >= 11 is 0. The molecule has 0 aliphatic carbocycles. The molecule has 0 aliphatic rings. The minimum atomic E-state index is 0.496. The van der Waals surface area contributed by atoms with Gasteiger partial charge in [0.1, 0.15) is 12.4 Å². The van der Waals surface area contributed by atoms with Crippen LogP contribution in [0.25, 0.3) is 10.9 Å². The van der Waals surface area contributed by atoms with Crippen LogP contribution in [-0.4, -0.2) is 4.98 Å². The molecule has 4 heteroatoms. The first-order chi connectivity index (χ1) is 12.1. The average molecular weight is 331 g/mol. The number of fused-ring (bicyclic) bond motifs is 1. The van der Waals surface area contributed by atoms with Gasteiger partial charge in [0.15, 0.2) is 0 Å². The summed E-state index contributed by atoms with van der Waals surface area (Å²) < 4.78 is 5.91. The van der Waals surface area contributed by atoms with E-state index in [1.54, 1.807) is 0 Å². The van der Waals surface area contributed by atoms with Crippen molar-refractivity contribution in [1.29, 1.82) is 0 Å². The molecule has 4 nitrogen and oxygen atoms in total. The Morgan fingerprint density at radius 2 is 1.80 bits per heavy atom. The largest absolute Gasteiger partial charge is 0.489 e. The van der Waals surface area contributed by atoms with Crippen LogP contribution in [0.4, 0.5) is 5.69 Å². The summed E-state index contributed by atoms with van der Waals surface area (Å²) in [6.45, 7) is 8.10. The lowest BCUT2D eigenvalue weighted by molar-refractivity contribution is 0.307. The van der Waals surface area contributed by atoms with Crippen LogP contribution in [0.2, 0.25) is 0 Å². The van der Waals surface area contributed by atoms with Gasteiger partial charge in [-0.05, 0) is 36.4 Å². The van der Waals surface area contributed by atoms with Gasteiger partial charge in [-0.1, -0.05) is 31.4 Å². The Kier molecular flexibility index (Phi) is 5.00. The molecule has 0 saturated heterocycles. The number of ether oxygens (including phenoxy) is 1. The summed E-state index contributed by atoms with van der Waals surface area (Å²) in [6, 6.07) is 17.8. The van der Waals surface area contributed by atoms with Crippen molar-refractivity contribution in [3.8, 4) is 5.75 Å². The van der Waals surface area contributed by atoms with Crippen molar-refractivity contribution in [3.05, 3.63) is 90.9 Å². The molecule has 0 saturated carbocycles. The van der Waals surface area contributed by atoms with E-state index in [1.807, 2.05) is 54.7 Å². The maximum atomic E-state index is 5.91. The van der Waals surface area contributed by atoms with E-state index in [0.717, 1.165) is 33.6 Å². The van der Waals surface area contributed by atoms with Gasteiger partial charge < -0.3 is 15.8 Å². The molecule has 25 heavy (non-hydrogen) atoms. The molecule has 0 fully saturated rings. The minimum Gasteiger partial charge on any atom is -0.489 e. The molecule has 126 valence electrons. The number of aromatic nitrogens is 1. The molecule has 3 N–H and O–H groups in total. The van der Waals surface area contributed by atoms with E-state index in [4.69, 9.17) is 10.5 Å². The van der Waals surface area contributed by atoms with Crippen LogP contribution < -0.4 is 15.8 Å². The van der Waals surface area contributed by atoms with Crippen molar-refractivity contribution in [3.63, 3.8) is 0 Å². The first kappa shape index (κ1) is 16.6. The van der Waals surface area contributed by atoms with Crippen molar-refractivity contribution in [2.45, 2.75) is 13.0 Å². The number of nitrogens with two attached hydrogens (primary N) is 1. The van der Waals surface area contributed by atoms with Gasteiger partial charge in [0.05, 0.1) is 5.52 Å². The van der Waals surface area contributed by atoms with E-state index in [-0.39, 0.29) is 0 Å². The van der Waals surface area contributed by atoms with Crippen LogP contribution in [0.3, 0.4) is 0 Å². The lowest BCUT2D eigenvalue weighted by Gasteiger charge is -2.11. The molecule has 0 spiro atoms. The lowest BCUT2D eigenvalue weighted by Crippen LogP contribution is -2.03. The fourth-order valence-corrected chi connectivity index (χ4v) is 2.60. The predicted molar refractivity (Wildman–Crippen MR) is 103 cm³/mol. The Morgan fingerprint density at radius 1 is 1.04 bits per heavy atom. The van der Waals surface area contributed by atoms with Crippen LogP contribution in [0.5, 0.6) is 5.75 Å². The van der Waals surface area contributed by atoms with Gasteiger partial charge in [-0.3, -0.25) is 4.98 Å². The van der Waals surface area contributed by atoms with Crippen LogP contribution in [0, 0.1) is 0 Å². The van der Waals surface area contributed by atoms with E-state index >= 15 is 0 Å². The molecule has 0 aliphatic heterocycles. The number of anilines is 1. The molecule has 2 aromatic carbocycles. The van der Waals surface area contributed by atoms with Crippen LogP contribution in [-0.2, 0) is 6.61 Å². The van der Waals surface area contributed by atoms with Crippen molar-refractivity contribution in [2.24, 2.45) is 5.73 Å². The summed E-state index contributed by atoms with van der Waals surface area (Å²) in [5.41, 5.74) is 10.0. The number of hydrogen-bond donors (Lipinski definition) is 2. The standard InChI is InChI=1S/C21H21N3O/c1-15(22)13-16(2)24-18-7-9-19(10-8-18)25-14-17-11-12-23-21-6-4-3-5-20(17)21/h3-12,24H,1-2,13-14,22H2. The first-order valence-electron chi connectivity index (χ1n) is 8.05. The predicted octanol–water partition coefficient (Wildman–Crippen LogP) is 4.60. The summed E-state index contributed by atoms with van der Waals surface area (Å²) in [7, 11) is 0. The molecule has 1 heterocycles. The smallest absolute Gasteiger partial charge is 0.119 e. The Hall–Kier alpha value is -3.27. The van der Waals surface area contributed by atoms with Crippen LogP contribution in [0.1, 0.15) is 12.0 Å². The maximum Gasteiger partial charge on any atom is 0.119 e. The topological polar surface area (TPSA) is 60.2 Å². The lowest BCUT2D eigenvalue weighted by atomic mass is 10.1. The highest BCUT2D eigenvalue weighted by atomic mass is 16.5. The fraction of sp³-hybridized carbons (Fsp3) is 0.0952. The molecular formula is C21H21N3O. The monoisotopic (exact) mass is 331 g/mol. The van der Waals surface area contributed by atoms with E-state index in [2.05, 4.69) is 29.5 Å². The van der Waals surface area contributed by atoms with Gasteiger partial charge in [0.2, 0.25) is 0 Å². The number of hydrogen-bond acceptors (Lipinski definition) is 4. The number of pyridine rings is 1. The van der Waals surface area contributed by atoms with Gasteiger partial charge in [-0.15, -0.1) is 0 Å². The third-order valence-corrected chi connectivity index (χ3v) is 3.75. The van der Waals surface area contributed by atoms with Crippen LogP contribution >= 0.6 is 0 Å². The SMILES string of the molecule is C=C(N)CC(=C)Nc1ccc(OCc2ccnc3ccccc23)cc1. The minimum absolute atomic E-state index is 0.496. The van der Waals surface area contributed by atoms with Gasteiger partial charge >= 0.3 is 0 Å². The number of nitrogens with one attached hydrogen (secondary N) is 1. The first-order valence-corrected chi connectivity index (χ1v) is 8.05. The zero-order chi connectivity index (χ0) is 17.6. The average Bonchev–Trinajstić information content (AvgIpc) is 2.60. The second-order valence-electron chi connectivity index (χ2n) is 5.86. The second-order valence-corrected chi connectivity index (χ2v) is 5.86. The van der Waals surface area contributed by atoms with Crippen molar-refractivity contribution in [1.82, 2.24) is 4.98 Å². The molecule has 3 rings (SSSR count). The van der Waals surface area contributed by atoms with Crippen molar-refractivity contribution < 1.29 is 4.74 Å². The Bertz CT molecular complexity index is 895. The molecule has 1 aromatic heterocycles. The zero-order valence-corrected chi connectivity index (χ0v) is 14.0. The van der Waals surface area contributed by atoms with Crippen molar-refractivity contribution in [2.75, 3.05) is 5.32 Å². The Labute approximate surface area is 147 Å². The van der Waals surface area contributed by atoms with Gasteiger partial charge in [0.25, 0.3) is 0 Å². The zero-order valence-electron chi connectivity index (χ0n) is 14.0. The van der Waals surface area contributed by atoms with E-state index in [9.17, 15) is 0 Å². The van der Waals surface area contributed by atoms with Gasteiger partial charge in [-0.25, -0.2) is 0 Å². The second kappa shape index (κ2) is 7.53.